The Morgan fingerprint density at radius 3 is 2.00 bits per heavy atom. The second-order valence-electron chi connectivity index (χ2n) is 8.93. The Labute approximate surface area is 192 Å². The number of halogens is 4. The van der Waals surface area contributed by atoms with E-state index in [9.17, 15) is 17.6 Å². The monoisotopic (exact) mass is 456 g/mol. The Hall–Kier alpha value is -2.82. The lowest BCUT2D eigenvalue weighted by molar-refractivity contribution is 0.273. The summed E-state index contributed by atoms with van der Waals surface area (Å²) in [5.41, 5.74) is 2.70. The molecule has 5 heteroatoms. The molecule has 4 rings (SSSR count). The Morgan fingerprint density at radius 2 is 1.39 bits per heavy atom. The van der Waals surface area contributed by atoms with Gasteiger partial charge in [-0.25, -0.2) is 17.6 Å². The molecule has 1 fully saturated rings. The van der Waals surface area contributed by atoms with Crippen LogP contribution >= 0.6 is 0 Å². The van der Waals surface area contributed by atoms with Crippen LogP contribution in [0.15, 0.2) is 54.6 Å². The topological polar surface area (TPSA) is 9.23 Å². The SMILES string of the molecule is CCC[C@H]1CC[C@H](c2ccc(-c3cc(F)c(OCc4ccc(F)c(F)c4)c(F)c3)cc2)CC1. The van der Waals surface area contributed by atoms with Crippen LogP contribution in [0.1, 0.15) is 62.5 Å². The third-order valence-corrected chi connectivity index (χ3v) is 6.62. The molecule has 174 valence electrons. The fourth-order valence-electron chi connectivity index (χ4n) is 4.79. The summed E-state index contributed by atoms with van der Waals surface area (Å²) in [6.45, 7) is 1.96. The molecular weight excluding hydrogens is 428 g/mol. The Balaban J connectivity index is 1.43. The Bertz CT molecular complexity index is 1060. The highest BCUT2D eigenvalue weighted by molar-refractivity contribution is 5.65. The Kier molecular flexibility index (Phi) is 7.36. The first-order valence-corrected chi connectivity index (χ1v) is 11.6. The molecule has 3 aromatic carbocycles. The molecule has 0 saturated heterocycles. The second kappa shape index (κ2) is 10.4. The molecule has 1 nitrogen and oxygen atoms in total. The van der Waals surface area contributed by atoms with E-state index in [2.05, 4.69) is 19.1 Å². The van der Waals surface area contributed by atoms with E-state index in [0.29, 0.717) is 11.5 Å². The number of benzene rings is 3. The molecule has 33 heavy (non-hydrogen) atoms. The van der Waals surface area contributed by atoms with Crippen LogP contribution < -0.4 is 4.74 Å². The lowest BCUT2D eigenvalue weighted by atomic mass is 9.77. The summed E-state index contributed by atoms with van der Waals surface area (Å²) in [5, 5.41) is 0. The first kappa shape index (κ1) is 23.3. The molecule has 0 spiro atoms. The molecule has 3 aromatic rings. The van der Waals surface area contributed by atoms with Crippen LogP contribution in [0.2, 0.25) is 0 Å². The first-order chi connectivity index (χ1) is 15.9. The van der Waals surface area contributed by atoms with Gasteiger partial charge in [0.2, 0.25) is 0 Å². The summed E-state index contributed by atoms with van der Waals surface area (Å²) in [7, 11) is 0. The predicted molar refractivity (Wildman–Crippen MR) is 122 cm³/mol. The van der Waals surface area contributed by atoms with Crippen molar-refractivity contribution < 1.29 is 22.3 Å². The quantitative estimate of drug-likeness (QED) is 0.324. The third-order valence-electron chi connectivity index (χ3n) is 6.62. The van der Waals surface area contributed by atoms with Gasteiger partial charge in [0.05, 0.1) is 0 Å². The van der Waals surface area contributed by atoms with Gasteiger partial charge in [-0.2, -0.15) is 0 Å². The smallest absolute Gasteiger partial charge is 0.191 e. The molecule has 0 aromatic heterocycles. The molecular formula is C28H28F4O. The highest BCUT2D eigenvalue weighted by Gasteiger charge is 2.22. The maximum absolute atomic E-state index is 14.6. The van der Waals surface area contributed by atoms with E-state index in [-0.39, 0.29) is 12.2 Å². The maximum Gasteiger partial charge on any atom is 0.191 e. The molecule has 1 aliphatic carbocycles. The largest absolute Gasteiger partial charge is 0.483 e. The van der Waals surface area contributed by atoms with Crippen molar-refractivity contribution in [2.24, 2.45) is 5.92 Å². The molecule has 0 aliphatic heterocycles. The fourth-order valence-corrected chi connectivity index (χ4v) is 4.79. The maximum atomic E-state index is 14.6. The van der Waals surface area contributed by atoms with Gasteiger partial charge in [0.1, 0.15) is 6.61 Å². The van der Waals surface area contributed by atoms with E-state index in [1.807, 2.05) is 12.1 Å². The lowest BCUT2D eigenvalue weighted by Gasteiger charge is -2.28. The van der Waals surface area contributed by atoms with Crippen LogP contribution in [0.5, 0.6) is 5.75 Å². The van der Waals surface area contributed by atoms with Gasteiger partial charge in [-0.05, 0) is 84.0 Å². The Morgan fingerprint density at radius 1 is 0.727 bits per heavy atom. The summed E-state index contributed by atoms with van der Waals surface area (Å²) in [4.78, 5) is 0. The van der Waals surface area contributed by atoms with Crippen molar-refractivity contribution >= 4 is 0 Å². The first-order valence-electron chi connectivity index (χ1n) is 11.6. The van der Waals surface area contributed by atoms with Gasteiger partial charge in [0.15, 0.2) is 29.0 Å². The molecule has 0 amide bonds. The van der Waals surface area contributed by atoms with Crippen LogP contribution in [-0.4, -0.2) is 0 Å². The molecule has 0 atom stereocenters. The van der Waals surface area contributed by atoms with E-state index in [4.69, 9.17) is 4.74 Å². The van der Waals surface area contributed by atoms with Crippen LogP contribution in [0.25, 0.3) is 11.1 Å². The summed E-state index contributed by atoms with van der Waals surface area (Å²) in [5.74, 6) is -2.85. The minimum Gasteiger partial charge on any atom is -0.483 e. The van der Waals surface area contributed by atoms with Crippen molar-refractivity contribution in [3.05, 3.63) is 89.0 Å². The van der Waals surface area contributed by atoms with Gasteiger partial charge in [-0.15, -0.1) is 0 Å². The second-order valence-corrected chi connectivity index (χ2v) is 8.93. The van der Waals surface area contributed by atoms with Crippen LogP contribution in [0, 0.1) is 29.2 Å². The summed E-state index contributed by atoms with van der Waals surface area (Å²) in [6, 6.07) is 13.6. The molecule has 0 heterocycles. The third kappa shape index (κ3) is 5.58. The van der Waals surface area contributed by atoms with Crippen LogP contribution in [0.4, 0.5) is 17.6 Å². The zero-order valence-corrected chi connectivity index (χ0v) is 18.7. The molecule has 0 radical (unpaired) electrons. The minimum atomic E-state index is -1.04. The van der Waals surface area contributed by atoms with Gasteiger partial charge in [0.25, 0.3) is 0 Å². The predicted octanol–water partition coefficient (Wildman–Crippen LogP) is 8.56. The highest BCUT2D eigenvalue weighted by Crippen LogP contribution is 2.38. The molecule has 1 saturated carbocycles. The zero-order chi connectivity index (χ0) is 23.4. The van der Waals surface area contributed by atoms with E-state index in [1.165, 1.54) is 62.3 Å². The van der Waals surface area contributed by atoms with Gasteiger partial charge >= 0.3 is 0 Å². The van der Waals surface area contributed by atoms with Crippen molar-refractivity contribution in [3.8, 4) is 16.9 Å². The zero-order valence-electron chi connectivity index (χ0n) is 18.7. The summed E-state index contributed by atoms with van der Waals surface area (Å²) < 4.78 is 60.8. The lowest BCUT2D eigenvalue weighted by Crippen LogP contribution is -2.13. The van der Waals surface area contributed by atoms with Gasteiger partial charge in [-0.1, -0.05) is 50.1 Å². The summed E-state index contributed by atoms with van der Waals surface area (Å²) >= 11 is 0. The van der Waals surface area contributed by atoms with Gasteiger partial charge in [0, 0.05) is 0 Å². The fraction of sp³-hybridized carbons (Fsp3) is 0.357. The van der Waals surface area contributed by atoms with Crippen LogP contribution in [0.3, 0.4) is 0 Å². The number of rotatable bonds is 7. The number of ether oxygens (including phenoxy) is 1. The molecule has 1 aliphatic rings. The average molecular weight is 457 g/mol. The normalized spacial score (nSPS) is 18.3. The van der Waals surface area contributed by atoms with E-state index >= 15 is 0 Å². The van der Waals surface area contributed by atoms with Crippen LogP contribution in [-0.2, 0) is 6.61 Å². The van der Waals surface area contributed by atoms with E-state index in [0.717, 1.165) is 23.6 Å². The van der Waals surface area contributed by atoms with Crippen molar-refractivity contribution in [1.82, 2.24) is 0 Å². The average Bonchev–Trinajstić information content (AvgIpc) is 2.81. The minimum absolute atomic E-state index is 0.274. The molecule has 0 N–H and O–H groups in total. The van der Waals surface area contributed by atoms with E-state index < -0.39 is 29.0 Å². The van der Waals surface area contributed by atoms with Crippen molar-refractivity contribution in [3.63, 3.8) is 0 Å². The van der Waals surface area contributed by atoms with Gasteiger partial charge < -0.3 is 4.74 Å². The number of hydrogen-bond acceptors (Lipinski definition) is 1. The van der Waals surface area contributed by atoms with E-state index in [1.54, 1.807) is 0 Å². The molecule has 0 unspecified atom stereocenters. The van der Waals surface area contributed by atoms with Crippen molar-refractivity contribution in [1.29, 1.82) is 0 Å². The highest BCUT2D eigenvalue weighted by atomic mass is 19.2. The summed E-state index contributed by atoms with van der Waals surface area (Å²) in [6.07, 6.45) is 7.47. The van der Waals surface area contributed by atoms with Gasteiger partial charge in [-0.3, -0.25) is 0 Å². The molecule has 0 bridgehead atoms. The standard InChI is InChI=1S/C28H28F4O/c1-2-3-18-4-7-20(8-5-18)21-9-11-22(12-10-21)23-15-26(31)28(27(32)16-23)33-17-19-6-13-24(29)25(30)14-19/h6,9-16,18,20H,2-5,7-8,17H2,1H3/t18-,20-. The van der Waals surface area contributed by atoms with Crippen molar-refractivity contribution in [2.45, 2.75) is 58.0 Å². The van der Waals surface area contributed by atoms with Crippen molar-refractivity contribution in [2.75, 3.05) is 0 Å². The number of hydrogen-bond donors (Lipinski definition) is 0.